The summed E-state index contributed by atoms with van der Waals surface area (Å²) in [5, 5.41) is 3.13. The molecule has 0 aliphatic rings. The first kappa shape index (κ1) is 17.4. The molecule has 0 aromatic carbocycles. The van der Waals surface area contributed by atoms with Crippen molar-refractivity contribution in [3.8, 4) is 12.0 Å². The Hall–Kier alpha value is -1.63. The SMILES string of the molecule is CCCNc1nc(OCCCN(C)C)nc(OC(C)C)n1. The van der Waals surface area contributed by atoms with Gasteiger partial charge in [-0.1, -0.05) is 6.92 Å². The minimum atomic E-state index is 0.00742. The molecule has 1 N–H and O–H groups in total. The molecule has 0 spiro atoms. The minimum absolute atomic E-state index is 0.00742. The number of anilines is 1. The van der Waals surface area contributed by atoms with Gasteiger partial charge in [0.05, 0.1) is 12.7 Å². The van der Waals surface area contributed by atoms with Crippen molar-refractivity contribution in [2.45, 2.75) is 39.7 Å². The molecular formula is C14H27N5O2. The molecule has 0 bridgehead atoms. The van der Waals surface area contributed by atoms with Crippen molar-refractivity contribution in [1.29, 1.82) is 0 Å². The second-order valence-corrected chi connectivity index (χ2v) is 5.32. The minimum Gasteiger partial charge on any atom is -0.463 e. The van der Waals surface area contributed by atoms with E-state index in [9.17, 15) is 0 Å². The zero-order valence-electron chi connectivity index (χ0n) is 13.7. The number of hydrogen-bond acceptors (Lipinski definition) is 7. The van der Waals surface area contributed by atoms with Crippen molar-refractivity contribution >= 4 is 5.95 Å². The topological polar surface area (TPSA) is 72.4 Å². The molecule has 1 rings (SSSR count). The number of hydrogen-bond donors (Lipinski definition) is 1. The highest BCUT2D eigenvalue weighted by molar-refractivity contribution is 5.27. The number of rotatable bonds is 10. The van der Waals surface area contributed by atoms with Crippen LogP contribution >= 0.6 is 0 Å². The summed E-state index contributed by atoms with van der Waals surface area (Å²) in [6.45, 7) is 8.27. The summed E-state index contributed by atoms with van der Waals surface area (Å²) in [5.74, 6) is 0.491. The molecule has 0 amide bonds. The van der Waals surface area contributed by atoms with Crippen molar-refractivity contribution in [2.75, 3.05) is 39.1 Å². The Morgan fingerprint density at radius 3 is 2.48 bits per heavy atom. The third-order valence-electron chi connectivity index (χ3n) is 2.45. The first-order valence-corrected chi connectivity index (χ1v) is 7.45. The van der Waals surface area contributed by atoms with Gasteiger partial charge in [0.25, 0.3) is 0 Å². The van der Waals surface area contributed by atoms with E-state index in [4.69, 9.17) is 9.47 Å². The van der Waals surface area contributed by atoms with E-state index < -0.39 is 0 Å². The second-order valence-electron chi connectivity index (χ2n) is 5.32. The molecule has 0 saturated carbocycles. The molecule has 7 nitrogen and oxygen atoms in total. The van der Waals surface area contributed by atoms with Crippen molar-refractivity contribution in [2.24, 2.45) is 0 Å². The lowest BCUT2D eigenvalue weighted by Gasteiger charge is -2.12. The Kier molecular flexibility index (Phi) is 7.74. The highest BCUT2D eigenvalue weighted by Crippen LogP contribution is 2.14. The van der Waals surface area contributed by atoms with Gasteiger partial charge in [0.15, 0.2) is 0 Å². The highest BCUT2D eigenvalue weighted by Gasteiger charge is 2.09. The summed E-state index contributed by atoms with van der Waals surface area (Å²) in [4.78, 5) is 14.8. The van der Waals surface area contributed by atoms with Crippen LogP contribution in [0, 0.1) is 0 Å². The van der Waals surface area contributed by atoms with Gasteiger partial charge in [-0.05, 0) is 40.8 Å². The van der Waals surface area contributed by atoms with Gasteiger partial charge in [-0.3, -0.25) is 0 Å². The molecule has 0 saturated heterocycles. The van der Waals surface area contributed by atoms with E-state index in [0.29, 0.717) is 24.6 Å². The van der Waals surface area contributed by atoms with Crippen LogP contribution in [0.4, 0.5) is 5.95 Å². The summed E-state index contributed by atoms with van der Waals surface area (Å²) < 4.78 is 11.1. The van der Waals surface area contributed by atoms with Crippen molar-refractivity contribution in [1.82, 2.24) is 19.9 Å². The van der Waals surface area contributed by atoms with Crippen LogP contribution in [0.5, 0.6) is 12.0 Å². The molecule has 21 heavy (non-hydrogen) atoms. The average Bonchev–Trinajstić information content (AvgIpc) is 2.40. The predicted molar refractivity (Wildman–Crippen MR) is 83.0 cm³/mol. The lowest BCUT2D eigenvalue weighted by molar-refractivity contribution is 0.211. The van der Waals surface area contributed by atoms with E-state index in [1.165, 1.54) is 0 Å². The number of nitrogens with zero attached hydrogens (tertiary/aromatic N) is 4. The van der Waals surface area contributed by atoms with Crippen LogP contribution in [0.25, 0.3) is 0 Å². The van der Waals surface area contributed by atoms with Crippen molar-refractivity contribution in [3.63, 3.8) is 0 Å². The van der Waals surface area contributed by atoms with Gasteiger partial charge < -0.3 is 19.7 Å². The van der Waals surface area contributed by atoms with Crippen molar-refractivity contribution in [3.05, 3.63) is 0 Å². The molecule has 0 unspecified atom stereocenters. The molecule has 1 aromatic rings. The third-order valence-corrected chi connectivity index (χ3v) is 2.45. The standard InChI is InChI=1S/C14H27N5O2/c1-6-8-15-12-16-13(20-10-7-9-19(4)5)18-14(17-12)21-11(2)3/h11H,6-10H2,1-5H3,(H,15,16,17,18). The van der Waals surface area contributed by atoms with Crippen LogP contribution in [-0.2, 0) is 0 Å². The summed E-state index contributed by atoms with van der Waals surface area (Å²) in [5.41, 5.74) is 0. The van der Waals surface area contributed by atoms with Crippen LogP contribution in [0.3, 0.4) is 0 Å². The van der Waals surface area contributed by atoms with Crippen LogP contribution in [0.1, 0.15) is 33.6 Å². The molecule has 0 radical (unpaired) electrons. The maximum absolute atomic E-state index is 5.59. The Morgan fingerprint density at radius 2 is 1.86 bits per heavy atom. The Morgan fingerprint density at radius 1 is 1.14 bits per heavy atom. The molecule has 0 atom stereocenters. The summed E-state index contributed by atoms with van der Waals surface area (Å²) >= 11 is 0. The zero-order valence-corrected chi connectivity index (χ0v) is 13.7. The second kappa shape index (κ2) is 9.33. The fourth-order valence-electron chi connectivity index (χ4n) is 1.53. The van der Waals surface area contributed by atoms with E-state index >= 15 is 0 Å². The number of nitrogens with one attached hydrogen (secondary N) is 1. The fraction of sp³-hybridized carbons (Fsp3) is 0.786. The zero-order chi connectivity index (χ0) is 15.7. The van der Waals surface area contributed by atoms with E-state index in [1.807, 2.05) is 27.9 Å². The smallest absolute Gasteiger partial charge is 0.324 e. The molecule has 1 heterocycles. The maximum Gasteiger partial charge on any atom is 0.324 e. The van der Waals surface area contributed by atoms with Gasteiger partial charge in [0.2, 0.25) is 5.95 Å². The Labute approximate surface area is 127 Å². The Bertz CT molecular complexity index is 412. The quantitative estimate of drug-likeness (QED) is 0.660. The molecule has 0 aliphatic carbocycles. The molecule has 0 aliphatic heterocycles. The molecule has 1 aromatic heterocycles. The summed E-state index contributed by atoms with van der Waals surface area (Å²) in [7, 11) is 4.06. The summed E-state index contributed by atoms with van der Waals surface area (Å²) in [6, 6.07) is 0.597. The van der Waals surface area contributed by atoms with Gasteiger partial charge in [0, 0.05) is 13.1 Å². The molecule has 120 valence electrons. The highest BCUT2D eigenvalue weighted by atomic mass is 16.5. The van der Waals surface area contributed by atoms with E-state index in [2.05, 4.69) is 32.1 Å². The van der Waals surface area contributed by atoms with Gasteiger partial charge >= 0.3 is 12.0 Å². The van der Waals surface area contributed by atoms with Crippen molar-refractivity contribution < 1.29 is 9.47 Å². The van der Waals surface area contributed by atoms with Gasteiger partial charge in [-0.25, -0.2) is 0 Å². The fourth-order valence-corrected chi connectivity index (χ4v) is 1.53. The normalized spacial score (nSPS) is 11.0. The largest absolute Gasteiger partial charge is 0.463 e. The van der Waals surface area contributed by atoms with E-state index in [-0.39, 0.29) is 6.10 Å². The molecule has 0 fully saturated rings. The van der Waals surface area contributed by atoms with Gasteiger partial charge in [0.1, 0.15) is 0 Å². The first-order chi connectivity index (χ1) is 10.0. The monoisotopic (exact) mass is 297 g/mol. The lowest BCUT2D eigenvalue weighted by Crippen LogP contribution is -2.17. The molecular weight excluding hydrogens is 270 g/mol. The van der Waals surface area contributed by atoms with E-state index in [0.717, 1.165) is 25.9 Å². The predicted octanol–water partition coefficient (Wildman–Crippen LogP) is 1.81. The van der Waals surface area contributed by atoms with Gasteiger partial charge in [-0.15, -0.1) is 4.98 Å². The molecule has 7 heteroatoms. The van der Waals surface area contributed by atoms with Gasteiger partial charge in [-0.2, -0.15) is 9.97 Å². The van der Waals surface area contributed by atoms with Crippen LogP contribution in [-0.4, -0.2) is 59.7 Å². The Balaban J connectivity index is 2.66. The lowest BCUT2D eigenvalue weighted by atomic mass is 10.4. The third kappa shape index (κ3) is 7.65. The van der Waals surface area contributed by atoms with Crippen LogP contribution in [0.2, 0.25) is 0 Å². The van der Waals surface area contributed by atoms with Crippen LogP contribution < -0.4 is 14.8 Å². The number of aromatic nitrogens is 3. The van der Waals surface area contributed by atoms with Crippen LogP contribution in [0.15, 0.2) is 0 Å². The number of ether oxygens (including phenoxy) is 2. The summed E-state index contributed by atoms with van der Waals surface area (Å²) in [6.07, 6.45) is 1.91. The average molecular weight is 297 g/mol. The maximum atomic E-state index is 5.59. The first-order valence-electron chi connectivity index (χ1n) is 7.45. The van der Waals surface area contributed by atoms with E-state index in [1.54, 1.807) is 0 Å².